The molecule has 0 fully saturated rings. The van der Waals surface area contributed by atoms with Crippen LogP contribution in [-0.4, -0.2) is 17.9 Å². The lowest BCUT2D eigenvalue weighted by Gasteiger charge is -2.19. The van der Waals surface area contributed by atoms with E-state index in [-0.39, 0.29) is 5.91 Å². The molecule has 0 saturated carbocycles. The van der Waals surface area contributed by atoms with Crippen molar-refractivity contribution in [2.45, 2.75) is 13.5 Å². The summed E-state index contributed by atoms with van der Waals surface area (Å²) in [5.41, 5.74) is 9.34. The lowest BCUT2D eigenvalue weighted by molar-refractivity contribution is 0.0784. The van der Waals surface area contributed by atoms with Gasteiger partial charge in [-0.2, -0.15) is 0 Å². The molecule has 0 unspecified atom stereocenters. The van der Waals surface area contributed by atoms with Crippen LogP contribution in [0.4, 0.5) is 5.69 Å². The lowest BCUT2D eigenvalue weighted by atomic mass is 10.1. The van der Waals surface area contributed by atoms with Gasteiger partial charge >= 0.3 is 0 Å². The molecular weight excluding hydrogens is 316 g/mol. The Morgan fingerprint density at radius 2 is 1.95 bits per heavy atom. The number of halogens is 1. The topological polar surface area (TPSA) is 46.3 Å². The molecule has 2 aromatic rings. The third kappa shape index (κ3) is 3.20. The van der Waals surface area contributed by atoms with Gasteiger partial charge in [-0.15, -0.1) is 0 Å². The predicted molar refractivity (Wildman–Crippen MR) is 85.5 cm³/mol. The molecule has 0 spiro atoms. The van der Waals surface area contributed by atoms with E-state index in [0.717, 1.165) is 15.6 Å². The van der Waals surface area contributed by atoms with Gasteiger partial charge in [0.05, 0.1) is 5.56 Å². The fraction of sp³-hybridized carbons (Fsp3) is 0.188. The molecule has 2 aromatic carbocycles. The fourth-order valence-corrected chi connectivity index (χ4v) is 2.67. The molecular formula is C16H17BrN2O. The Morgan fingerprint density at radius 1 is 1.25 bits per heavy atom. The summed E-state index contributed by atoms with van der Waals surface area (Å²) in [7, 11) is 1.78. The predicted octanol–water partition coefficient (Wildman–Crippen LogP) is 3.61. The number of amides is 1. The summed E-state index contributed by atoms with van der Waals surface area (Å²) in [6.07, 6.45) is 0. The maximum absolute atomic E-state index is 12.4. The van der Waals surface area contributed by atoms with Crippen LogP contribution in [0.2, 0.25) is 0 Å². The molecule has 0 aliphatic rings. The highest BCUT2D eigenvalue weighted by molar-refractivity contribution is 9.10. The summed E-state index contributed by atoms with van der Waals surface area (Å²) in [4.78, 5) is 14.1. The van der Waals surface area contributed by atoms with Crippen molar-refractivity contribution in [1.29, 1.82) is 0 Å². The third-order valence-electron chi connectivity index (χ3n) is 3.16. The van der Waals surface area contributed by atoms with Crippen LogP contribution < -0.4 is 5.73 Å². The summed E-state index contributed by atoms with van der Waals surface area (Å²) in [5, 5.41) is 0. The zero-order valence-electron chi connectivity index (χ0n) is 11.6. The third-order valence-corrected chi connectivity index (χ3v) is 3.82. The Balaban J connectivity index is 2.19. The number of carbonyl (C=O) groups is 1. The Bertz CT molecular complexity index is 640. The quantitative estimate of drug-likeness (QED) is 0.872. The Hall–Kier alpha value is -1.81. The van der Waals surface area contributed by atoms with Gasteiger partial charge in [0.2, 0.25) is 0 Å². The van der Waals surface area contributed by atoms with Crippen molar-refractivity contribution in [3.63, 3.8) is 0 Å². The molecule has 2 rings (SSSR count). The van der Waals surface area contributed by atoms with E-state index in [9.17, 15) is 4.79 Å². The van der Waals surface area contributed by atoms with E-state index in [1.54, 1.807) is 11.9 Å². The highest BCUT2D eigenvalue weighted by atomic mass is 79.9. The number of rotatable bonds is 3. The molecule has 3 nitrogen and oxygen atoms in total. The number of nitrogen functional groups attached to an aromatic ring is 1. The Morgan fingerprint density at radius 3 is 2.60 bits per heavy atom. The maximum atomic E-state index is 12.4. The molecule has 0 atom stereocenters. The van der Waals surface area contributed by atoms with Crippen LogP contribution in [-0.2, 0) is 6.54 Å². The number of nitrogens with zero attached hydrogens (tertiary/aromatic N) is 1. The van der Waals surface area contributed by atoms with Crippen molar-refractivity contribution in [2.75, 3.05) is 12.8 Å². The first-order valence-corrected chi connectivity index (χ1v) is 7.13. The molecule has 1 amide bonds. The van der Waals surface area contributed by atoms with Crippen LogP contribution in [0.1, 0.15) is 21.5 Å². The SMILES string of the molecule is Cc1ccc(C(=O)N(C)Cc2ccccc2N)c(Br)c1. The van der Waals surface area contributed by atoms with Gasteiger partial charge < -0.3 is 10.6 Å². The summed E-state index contributed by atoms with van der Waals surface area (Å²) in [5.74, 6) is -0.0277. The van der Waals surface area contributed by atoms with Crippen LogP contribution in [0.3, 0.4) is 0 Å². The van der Waals surface area contributed by atoms with E-state index in [1.165, 1.54) is 0 Å². The Kier molecular flexibility index (Phi) is 4.45. The normalized spacial score (nSPS) is 10.3. The summed E-state index contributed by atoms with van der Waals surface area (Å²) < 4.78 is 0.815. The first-order chi connectivity index (χ1) is 9.49. The molecule has 20 heavy (non-hydrogen) atoms. The molecule has 104 valence electrons. The number of aryl methyl sites for hydroxylation is 1. The highest BCUT2D eigenvalue weighted by Gasteiger charge is 2.15. The number of anilines is 1. The van der Waals surface area contributed by atoms with Crippen molar-refractivity contribution >= 4 is 27.5 Å². The average molecular weight is 333 g/mol. The summed E-state index contributed by atoms with van der Waals surface area (Å²) in [6, 6.07) is 13.3. The maximum Gasteiger partial charge on any atom is 0.255 e. The van der Waals surface area contributed by atoms with Gasteiger partial charge in [-0.25, -0.2) is 0 Å². The van der Waals surface area contributed by atoms with Crippen molar-refractivity contribution < 1.29 is 4.79 Å². The van der Waals surface area contributed by atoms with E-state index < -0.39 is 0 Å². The van der Waals surface area contributed by atoms with Gasteiger partial charge in [0.1, 0.15) is 0 Å². The average Bonchev–Trinajstić information content (AvgIpc) is 2.40. The van der Waals surface area contributed by atoms with Crippen molar-refractivity contribution in [1.82, 2.24) is 4.90 Å². The smallest absolute Gasteiger partial charge is 0.255 e. The second kappa shape index (κ2) is 6.09. The van der Waals surface area contributed by atoms with Gasteiger partial charge in [0.25, 0.3) is 5.91 Å². The molecule has 0 aromatic heterocycles. The first kappa shape index (κ1) is 14.6. The van der Waals surface area contributed by atoms with E-state index in [1.807, 2.05) is 49.4 Å². The number of para-hydroxylation sites is 1. The zero-order chi connectivity index (χ0) is 14.7. The number of benzene rings is 2. The van der Waals surface area contributed by atoms with Gasteiger partial charge in [0.15, 0.2) is 0 Å². The van der Waals surface area contributed by atoms with Crippen LogP contribution in [0.15, 0.2) is 46.9 Å². The number of nitrogens with two attached hydrogens (primary N) is 1. The van der Waals surface area contributed by atoms with Gasteiger partial charge in [-0.3, -0.25) is 4.79 Å². The molecule has 0 radical (unpaired) electrons. The van der Waals surface area contributed by atoms with Crippen LogP contribution in [0, 0.1) is 6.92 Å². The van der Waals surface area contributed by atoms with E-state index >= 15 is 0 Å². The largest absolute Gasteiger partial charge is 0.398 e. The van der Waals surface area contributed by atoms with Crippen LogP contribution >= 0.6 is 15.9 Å². The van der Waals surface area contributed by atoms with Crippen LogP contribution in [0.25, 0.3) is 0 Å². The van der Waals surface area contributed by atoms with Crippen molar-refractivity contribution in [2.24, 2.45) is 0 Å². The number of hydrogen-bond acceptors (Lipinski definition) is 2. The lowest BCUT2D eigenvalue weighted by Crippen LogP contribution is -2.26. The zero-order valence-corrected chi connectivity index (χ0v) is 13.1. The molecule has 0 bridgehead atoms. The molecule has 0 aliphatic carbocycles. The number of carbonyl (C=O) groups excluding carboxylic acids is 1. The van der Waals surface area contributed by atoms with Crippen LogP contribution in [0.5, 0.6) is 0 Å². The molecule has 0 saturated heterocycles. The first-order valence-electron chi connectivity index (χ1n) is 6.34. The Labute approximate surface area is 127 Å². The molecule has 4 heteroatoms. The fourth-order valence-electron chi connectivity index (χ4n) is 2.00. The minimum absolute atomic E-state index is 0.0277. The van der Waals surface area contributed by atoms with Gasteiger partial charge in [-0.05, 0) is 52.2 Å². The highest BCUT2D eigenvalue weighted by Crippen LogP contribution is 2.21. The minimum Gasteiger partial charge on any atom is -0.398 e. The molecule has 0 heterocycles. The van der Waals surface area contributed by atoms with E-state index in [0.29, 0.717) is 17.8 Å². The molecule has 2 N–H and O–H groups in total. The van der Waals surface area contributed by atoms with E-state index in [4.69, 9.17) is 5.73 Å². The molecule has 0 aliphatic heterocycles. The second-order valence-corrected chi connectivity index (χ2v) is 5.70. The standard InChI is InChI=1S/C16H17BrN2O/c1-11-7-8-13(14(17)9-11)16(20)19(2)10-12-5-3-4-6-15(12)18/h3-9H,10,18H2,1-2H3. The van der Waals surface area contributed by atoms with Gasteiger partial charge in [-0.1, -0.05) is 24.3 Å². The summed E-state index contributed by atoms with van der Waals surface area (Å²) in [6.45, 7) is 2.49. The second-order valence-electron chi connectivity index (χ2n) is 4.84. The minimum atomic E-state index is -0.0277. The van der Waals surface area contributed by atoms with Crippen molar-refractivity contribution in [3.05, 3.63) is 63.6 Å². The monoisotopic (exact) mass is 332 g/mol. The number of hydrogen-bond donors (Lipinski definition) is 1. The van der Waals surface area contributed by atoms with Crippen molar-refractivity contribution in [3.8, 4) is 0 Å². The van der Waals surface area contributed by atoms with Gasteiger partial charge in [0, 0.05) is 23.8 Å². The summed E-state index contributed by atoms with van der Waals surface area (Å²) >= 11 is 3.44. The van der Waals surface area contributed by atoms with E-state index in [2.05, 4.69) is 15.9 Å².